The van der Waals surface area contributed by atoms with Gasteiger partial charge in [-0.15, -0.1) is 0 Å². The van der Waals surface area contributed by atoms with Gasteiger partial charge in [0.05, 0.1) is 25.1 Å². The van der Waals surface area contributed by atoms with Gasteiger partial charge in [-0.25, -0.2) is 19.6 Å². The Labute approximate surface area is 174 Å². The van der Waals surface area contributed by atoms with E-state index >= 15 is 0 Å². The molecule has 1 fully saturated rings. The lowest BCUT2D eigenvalue weighted by atomic mass is 10.3. The SMILES string of the molecule is O=C(NC1CC1)N1CCCn2c(nc(Cn3ccnc3)cc2=O)C1.O=C(O)C(F)(F)F. The number of aromatic nitrogens is 4. The number of aliphatic carboxylic acids is 1. The Hall–Kier alpha value is -3.38. The minimum atomic E-state index is -5.08. The molecule has 10 nitrogen and oxygen atoms in total. The number of alkyl halides is 3. The van der Waals surface area contributed by atoms with Crippen molar-refractivity contribution in [1.29, 1.82) is 0 Å². The maximum Gasteiger partial charge on any atom is 0.490 e. The Morgan fingerprint density at radius 2 is 1.97 bits per heavy atom. The lowest BCUT2D eigenvalue weighted by Gasteiger charge is -2.20. The lowest BCUT2D eigenvalue weighted by molar-refractivity contribution is -0.192. The standard InChI is InChI=1S/C16H20N6O2.C2HF3O2/c23-15-8-13(9-20-7-4-17-11-20)18-14-10-21(5-1-6-22(14)15)16(24)19-12-2-3-12;3-2(4,5)1(6)7/h4,7-8,11-12H,1-3,5-6,9-10H2,(H,19,24);(H,6,7). The molecule has 1 aliphatic heterocycles. The van der Waals surface area contributed by atoms with Crippen molar-refractivity contribution in [3.8, 4) is 0 Å². The van der Waals surface area contributed by atoms with Crippen LogP contribution in [0.4, 0.5) is 18.0 Å². The number of carboxylic acids is 1. The molecule has 2 aromatic rings. The molecule has 2 aromatic heterocycles. The molecule has 2 amide bonds. The van der Waals surface area contributed by atoms with E-state index in [1.54, 1.807) is 28.1 Å². The minimum absolute atomic E-state index is 0.0554. The highest BCUT2D eigenvalue weighted by atomic mass is 19.4. The summed E-state index contributed by atoms with van der Waals surface area (Å²) in [5.74, 6) is -2.10. The van der Waals surface area contributed by atoms with Crippen LogP contribution >= 0.6 is 0 Å². The first-order valence-electron chi connectivity index (χ1n) is 9.54. The van der Waals surface area contributed by atoms with Crippen LogP contribution in [0, 0.1) is 0 Å². The Kier molecular flexibility index (Phi) is 6.61. The summed E-state index contributed by atoms with van der Waals surface area (Å²) in [5, 5.41) is 10.1. The second-order valence-corrected chi connectivity index (χ2v) is 7.19. The van der Waals surface area contributed by atoms with Crippen molar-refractivity contribution in [1.82, 2.24) is 29.3 Å². The number of carbonyl (C=O) groups excluding carboxylic acids is 1. The van der Waals surface area contributed by atoms with Crippen LogP contribution in [0.1, 0.15) is 30.8 Å². The number of carbonyl (C=O) groups is 2. The monoisotopic (exact) mass is 442 g/mol. The Morgan fingerprint density at radius 1 is 1.26 bits per heavy atom. The molecule has 1 saturated carbocycles. The average molecular weight is 442 g/mol. The molecule has 13 heteroatoms. The van der Waals surface area contributed by atoms with Gasteiger partial charge < -0.3 is 19.9 Å². The molecule has 2 aliphatic rings. The molecule has 3 heterocycles. The summed E-state index contributed by atoms with van der Waals surface area (Å²) in [6, 6.07) is 1.84. The summed E-state index contributed by atoms with van der Waals surface area (Å²) in [4.78, 5) is 44.0. The number of nitrogens with zero attached hydrogens (tertiary/aromatic N) is 5. The maximum atomic E-state index is 12.4. The second kappa shape index (κ2) is 9.18. The summed E-state index contributed by atoms with van der Waals surface area (Å²) in [7, 11) is 0. The summed E-state index contributed by atoms with van der Waals surface area (Å²) in [6.07, 6.45) is 3.01. The number of hydrogen-bond donors (Lipinski definition) is 2. The first kappa shape index (κ1) is 22.3. The highest BCUT2D eigenvalue weighted by Gasteiger charge is 2.38. The summed E-state index contributed by atoms with van der Waals surface area (Å²) < 4.78 is 35.3. The fourth-order valence-electron chi connectivity index (χ4n) is 2.95. The van der Waals surface area contributed by atoms with Gasteiger partial charge in [-0.1, -0.05) is 0 Å². The van der Waals surface area contributed by atoms with Gasteiger partial charge in [0.2, 0.25) is 0 Å². The van der Waals surface area contributed by atoms with Gasteiger partial charge >= 0.3 is 18.2 Å². The molecule has 0 saturated heterocycles. The van der Waals surface area contributed by atoms with E-state index in [0.29, 0.717) is 43.7 Å². The Balaban J connectivity index is 0.000000339. The fourth-order valence-corrected chi connectivity index (χ4v) is 2.95. The van der Waals surface area contributed by atoms with Crippen molar-refractivity contribution >= 4 is 12.0 Å². The third-order valence-corrected chi connectivity index (χ3v) is 4.62. The van der Waals surface area contributed by atoms with Gasteiger partial charge in [-0.05, 0) is 19.3 Å². The fraction of sp³-hybridized carbons (Fsp3) is 0.500. The smallest absolute Gasteiger partial charge is 0.475 e. The van der Waals surface area contributed by atoms with Gasteiger partial charge in [0.15, 0.2) is 0 Å². The van der Waals surface area contributed by atoms with Crippen LogP contribution in [-0.4, -0.2) is 59.9 Å². The molecule has 168 valence electrons. The summed E-state index contributed by atoms with van der Waals surface area (Å²) in [5.41, 5.74) is 0.633. The number of hydrogen-bond acceptors (Lipinski definition) is 5. The zero-order chi connectivity index (χ0) is 22.6. The molecule has 1 aliphatic carbocycles. The molecule has 2 N–H and O–H groups in total. The molecule has 0 aromatic carbocycles. The molecular formula is C18H21F3N6O4. The highest BCUT2D eigenvalue weighted by molar-refractivity contribution is 5.74. The normalized spacial score (nSPS) is 15.9. The predicted octanol–water partition coefficient (Wildman–Crippen LogP) is 1.20. The first-order chi connectivity index (χ1) is 14.6. The third-order valence-electron chi connectivity index (χ3n) is 4.62. The van der Waals surface area contributed by atoms with Crippen LogP contribution in [0.25, 0.3) is 0 Å². The number of rotatable bonds is 3. The van der Waals surface area contributed by atoms with Crippen LogP contribution in [0.5, 0.6) is 0 Å². The van der Waals surface area contributed by atoms with Crippen molar-refractivity contribution < 1.29 is 27.9 Å². The molecule has 0 spiro atoms. The number of carboxylic acid groups (broad SMARTS) is 1. The van der Waals surface area contributed by atoms with Crippen molar-refractivity contribution in [2.75, 3.05) is 6.54 Å². The molecule has 31 heavy (non-hydrogen) atoms. The van der Waals surface area contributed by atoms with Crippen LogP contribution in [-0.2, 0) is 24.4 Å². The van der Waals surface area contributed by atoms with E-state index in [2.05, 4.69) is 15.3 Å². The van der Waals surface area contributed by atoms with E-state index in [4.69, 9.17) is 9.90 Å². The third kappa shape index (κ3) is 6.30. The van der Waals surface area contributed by atoms with Gasteiger partial charge in [0.25, 0.3) is 5.56 Å². The lowest BCUT2D eigenvalue weighted by Crippen LogP contribution is -2.41. The van der Waals surface area contributed by atoms with Crippen molar-refractivity contribution in [2.45, 2.75) is 51.1 Å². The van der Waals surface area contributed by atoms with E-state index in [9.17, 15) is 22.8 Å². The zero-order valence-electron chi connectivity index (χ0n) is 16.4. The molecule has 0 bridgehead atoms. The number of amides is 2. The largest absolute Gasteiger partial charge is 0.490 e. The van der Waals surface area contributed by atoms with Crippen molar-refractivity contribution in [3.63, 3.8) is 0 Å². The maximum absolute atomic E-state index is 12.4. The topological polar surface area (TPSA) is 122 Å². The second-order valence-electron chi connectivity index (χ2n) is 7.19. The van der Waals surface area contributed by atoms with Gasteiger partial charge in [0.1, 0.15) is 5.82 Å². The quantitative estimate of drug-likeness (QED) is 0.737. The minimum Gasteiger partial charge on any atom is -0.475 e. The van der Waals surface area contributed by atoms with E-state index in [1.165, 1.54) is 0 Å². The summed E-state index contributed by atoms with van der Waals surface area (Å²) in [6.45, 7) is 2.10. The van der Waals surface area contributed by atoms with E-state index < -0.39 is 12.1 Å². The molecule has 0 atom stereocenters. The first-order valence-corrected chi connectivity index (χ1v) is 9.54. The summed E-state index contributed by atoms with van der Waals surface area (Å²) >= 11 is 0. The average Bonchev–Trinajstić information content (AvgIpc) is 3.40. The Bertz CT molecular complexity index is 985. The van der Waals surface area contributed by atoms with Gasteiger partial charge in [0, 0.05) is 37.6 Å². The molecular weight excluding hydrogens is 421 g/mol. The number of halogens is 3. The highest BCUT2D eigenvalue weighted by Crippen LogP contribution is 2.19. The van der Waals surface area contributed by atoms with E-state index in [0.717, 1.165) is 19.3 Å². The van der Waals surface area contributed by atoms with Crippen LogP contribution < -0.4 is 10.9 Å². The number of nitrogens with one attached hydrogen (secondary N) is 1. The van der Waals surface area contributed by atoms with Crippen LogP contribution in [0.3, 0.4) is 0 Å². The van der Waals surface area contributed by atoms with Crippen molar-refractivity contribution in [2.24, 2.45) is 0 Å². The Morgan fingerprint density at radius 3 is 2.55 bits per heavy atom. The van der Waals surface area contributed by atoms with Crippen LogP contribution in [0.15, 0.2) is 29.6 Å². The number of imidazole rings is 1. The van der Waals surface area contributed by atoms with E-state index in [1.807, 2.05) is 10.8 Å². The molecule has 0 radical (unpaired) electrons. The van der Waals surface area contributed by atoms with E-state index in [-0.39, 0.29) is 11.6 Å². The van der Waals surface area contributed by atoms with Gasteiger partial charge in [-0.2, -0.15) is 13.2 Å². The number of fused-ring (bicyclic) bond motifs is 1. The molecule has 0 unspecified atom stereocenters. The van der Waals surface area contributed by atoms with Gasteiger partial charge in [-0.3, -0.25) is 9.36 Å². The molecule has 4 rings (SSSR count). The zero-order valence-corrected chi connectivity index (χ0v) is 16.4. The predicted molar refractivity (Wildman–Crippen MR) is 100 cm³/mol. The number of urea groups is 1. The van der Waals surface area contributed by atoms with Crippen LogP contribution in [0.2, 0.25) is 0 Å². The van der Waals surface area contributed by atoms with Crippen molar-refractivity contribution in [3.05, 3.63) is 46.7 Å².